The maximum Gasteiger partial charge on any atom is 0.241 e. The van der Waals surface area contributed by atoms with Gasteiger partial charge in [-0.2, -0.15) is 0 Å². The molecule has 2 atom stereocenters. The Bertz CT molecular complexity index is 548. The van der Waals surface area contributed by atoms with E-state index < -0.39 is 5.54 Å². The average molecular weight is 341 g/mol. The van der Waals surface area contributed by atoms with Crippen LogP contribution in [0.25, 0.3) is 0 Å². The first-order valence-electron chi connectivity index (χ1n) is 8.12. The molecule has 1 aromatic rings. The largest absolute Gasteiger partial charge is 0.378 e. The number of carbonyl (C=O) groups excluding carboxylic acids is 1. The minimum atomic E-state index is -0.853. The van der Waals surface area contributed by atoms with Crippen LogP contribution in [0.4, 0.5) is 0 Å². The van der Waals surface area contributed by atoms with Gasteiger partial charge >= 0.3 is 0 Å². The highest BCUT2D eigenvalue weighted by Gasteiger charge is 2.62. The van der Waals surface area contributed by atoms with Crippen molar-refractivity contribution in [1.82, 2.24) is 5.32 Å². The van der Waals surface area contributed by atoms with Crippen molar-refractivity contribution in [2.75, 3.05) is 6.61 Å². The van der Waals surface area contributed by atoms with Crippen molar-refractivity contribution in [2.45, 2.75) is 58.7 Å². The second-order valence-electron chi connectivity index (χ2n) is 6.65. The fraction of sp³-hybridized carbons (Fsp3) is 0.611. The Hall–Kier alpha value is -1.10. The molecule has 2 rings (SSSR count). The summed E-state index contributed by atoms with van der Waals surface area (Å²) in [4.78, 5) is 12.6. The van der Waals surface area contributed by atoms with Crippen LogP contribution in [0.5, 0.6) is 0 Å². The Kier molecular flexibility index (Phi) is 6.63. The lowest BCUT2D eigenvalue weighted by Crippen LogP contribution is -2.75. The summed E-state index contributed by atoms with van der Waals surface area (Å²) >= 11 is 0. The third kappa shape index (κ3) is 3.54. The van der Waals surface area contributed by atoms with E-state index in [4.69, 9.17) is 10.5 Å². The molecule has 130 valence electrons. The van der Waals surface area contributed by atoms with E-state index in [0.717, 1.165) is 12.0 Å². The Balaban J connectivity index is 0.00000264. The van der Waals surface area contributed by atoms with Gasteiger partial charge in [0.2, 0.25) is 5.91 Å². The van der Waals surface area contributed by atoms with Crippen LogP contribution in [0.15, 0.2) is 24.3 Å². The lowest BCUT2D eigenvalue weighted by Gasteiger charge is -2.57. The Morgan fingerprint density at radius 3 is 2.43 bits per heavy atom. The molecule has 0 saturated heterocycles. The smallest absolute Gasteiger partial charge is 0.241 e. The van der Waals surface area contributed by atoms with Gasteiger partial charge in [0.25, 0.3) is 0 Å². The monoisotopic (exact) mass is 340 g/mol. The molecule has 23 heavy (non-hydrogen) atoms. The van der Waals surface area contributed by atoms with Gasteiger partial charge in [-0.3, -0.25) is 4.79 Å². The van der Waals surface area contributed by atoms with Crippen LogP contribution in [-0.2, 0) is 22.5 Å². The van der Waals surface area contributed by atoms with Gasteiger partial charge in [-0.05, 0) is 24.5 Å². The van der Waals surface area contributed by atoms with Gasteiger partial charge in [-0.25, -0.2) is 0 Å². The summed E-state index contributed by atoms with van der Waals surface area (Å²) in [6.45, 7) is 9.28. The zero-order valence-electron chi connectivity index (χ0n) is 14.5. The number of carbonyl (C=O) groups is 1. The van der Waals surface area contributed by atoms with Gasteiger partial charge in [0.1, 0.15) is 5.54 Å². The molecule has 1 aromatic carbocycles. The molecule has 5 heteroatoms. The Morgan fingerprint density at radius 1 is 1.30 bits per heavy atom. The van der Waals surface area contributed by atoms with Gasteiger partial charge in [0.15, 0.2) is 0 Å². The van der Waals surface area contributed by atoms with Gasteiger partial charge in [-0.1, -0.05) is 45.0 Å². The van der Waals surface area contributed by atoms with Crippen molar-refractivity contribution in [3.63, 3.8) is 0 Å². The molecule has 1 fully saturated rings. The summed E-state index contributed by atoms with van der Waals surface area (Å²) in [5.74, 6) is -0.0839. The van der Waals surface area contributed by atoms with Crippen LogP contribution in [0, 0.1) is 5.41 Å². The van der Waals surface area contributed by atoms with Crippen LogP contribution in [0.2, 0.25) is 0 Å². The maximum absolute atomic E-state index is 12.6. The van der Waals surface area contributed by atoms with Crippen molar-refractivity contribution in [3.05, 3.63) is 35.4 Å². The van der Waals surface area contributed by atoms with Crippen LogP contribution in [0.3, 0.4) is 0 Å². The number of halogens is 1. The maximum atomic E-state index is 12.6. The molecule has 0 bridgehead atoms. The van der Waals surface area contributed by atoms with Gasteiger partial charge in [0.05, 0.1) is 6.10 Å². The normalized spacial score (nSPS) is 25.2. The third-order valence-corrected chi connectivity index (χ3v) is 5.17. The summed E-state index contributed by atoms with van der Waals surface area (Å²) in [6, 6.07) is 8.17. The number of aryl methyl sites for hydroxylation is 1. The highest BCUT2D eigenvalue weighted by molar-refractivity contribution is 5.88. The van der Waals surface area contributed by atoms with Crippen LogP contribution in [-0.4, -0.2) is 24.2 Å². The van der Waals surface area contributed by atoms with E-state index in [-0.39, 0.29) is 29.8 Å². The molecular weight excluding hydrogens is 312 g/mol. The van der Waals surface area contributed by atoms with Crippen molar-refractivity contribution < 1.29 is 9.53 Å². The summed E-state index contributed by atoms with van der Waals surface area (Å²) in [5.41, 5.74) is 7.60. The lowest BCUT2D eigenvalue weighted by molar-refractivity contribution is -0.170. The Labute approximate surface area is 145 Å². The molecule has 0 radical (unpaired) electrons. The molecule has 1 saturated carbocycles. The first-order chi connectivity index (χ1) is 10.4. The molecule has 3 N–H and O–H groups in total. The fourth-order valence-corrected chi connectivity index (χ4v) is 3.23. The molecule has 0 aliphatic heterocycles. The van der Waals surface area contributed by atoms with Crippen LogP contribution in [0.1, 0.15) is 45.2 Å². The summed E-state index contributed by atoms with van der Waals surface area (Å²) < 4.78 is 5.68. The molecule has 0 spiro atoms. The zero-order chi connectivity index (χ0) is 16.4. The number of hydrogen-bond donors (Lipinski definition) is 2. The van der Waals surface area contributed by atoms with Crippen molar-refractivity contribution >= 4 is 18.3 Å². The third-order valence-electron chi connectivity index (χ3n) is 5.17. The number of nitrogens with one attached hydrogen (secondary N) is 1. The second kappa shape index (κ2) is 7.65. The lowest BCUT2D eigenvalue weighted by atomic mass is 9.54. The van der Waals surface area contributed by atoms with E-state index >= 15 is 0 Å². The summed E-state index contributed by atoms with van der Waals surface area (Å²) in [6.07, 6.45) is 1.59. The van der Waals surface area contributed by atoms with Crippen molar-refractivity contribution in [2.24, 2.45) is 11.1 Å². The number of benzene rings is 1. The molecule has 1 aliphatic carbocycles. The summed E-state index contributed by atoms with van der Waals surface area (Å²) in [7, 11) is 0. The Morgan fingerprint density at radius 2 is 1.91 bits per heavy atom. The standard InChI is InChI=1S/C18H28N2O2.ClH/c1-5-13-9-7-8-10-14(13)12-20-16(21)18(19)11-15(22-6-2)17(18,3)4;/h7-10,15H,5-6,11-12,19H2,1-4H3,(H,20,21);1H. The molecule has 1 aliphatic rings. The molecule has 1 amide bonds. The van der Waals surface area contributed by atoms with E-state index in [2.05, 4.69) is 24.4 Å². The minimum Gasteiger partial charge on any atom is -0.378 e. The summed E-state index contributed by atoms with van der Waals surface area (Å²) in [5, 5.41) is 3.01. The number of rotatable bonds is 6. The van der Waals surface area contributed by atoms with E-state index in [1.54, 1.807) is 0 Å². The van der Waals surface area contributed by atoms with E-state index in [1.165, 1.54) is 5.56 Å². The average Bonchev–Trinajstić information content (AvgIpc) is 2.52. The van der Waals surface area contributed by atoms with Gasteiger partial charge < -0.3 is 15.8 Å². The van der Waals surface area contributed by atoms with E-state index in [1.807, 2.05) is 32.9 Å². The predicted octanol–water partition coefficient (Wildman–Crippen LogP) is 2.82. The highest BCUT2D eigenvalue weighted by atomic mass is 35.5. The van der Waals surface area contributed by atoms with Crippen LogP contribution < -0.4 is 11.1 Å². The molecule has 2 unspecified atom stereocenters. The fourth-order valence-electron chi connectivity index (χ4n) is 3.23. The molecule has 4 nitrogen and oxygen atoms in total. The SMILES string of the molecule is CCOC1CC(N)(C(=O)NCc2ccccc2CC)C1(C)C.Cl. The van der Waals surface area contributed by atoms with E-state index in [9.17, 15) is 4.79 Å². The molecule has 0 aromatic heterocycles. The first kappa shape index (κ1) is 19.9. The van der Waals surface area contributed by atoms with Gasteiger partial charge in [-0.15, -0.1) is 12.4 Å². The number of ether oxygens (including phenoxy) is 1. The van der Waals surface area contributed by atoms with E-state index in [0.29, 0.717) is 19.6 Å². The minimum absolute atomic E-state index is 0. The van der Waals surface area contributed by atoms with Crippen molar-refractivity contribution in [1.29, 1.82) is 0 Å². The number of hydrogen-bond acceptors (Lipinski definition) is 3. The van der Waals surface area contributed by atoms with Crippen LogP contribution >= 0.6 is 12.4 Å². The topological polar surface area (TPSA) is 64.3 Å². The number of nitrogens with two attached hydrogens (primary N) is 1. The first-order valence-corrected chi connectivity index (χ1v) is 8.12. The molecule has 0 heterocycles. The zero-order valence-corrected chi connectivity index (χ0v) is 15.3. The molecular formula is C18H29ClN2O2. The van der Waals surface area contributed by atoms with Gasteiger partial charge in [0, 0.05) is 25.0 Å². The predicted molar refractivity (Wildman–Crippen MR) is 95.6 cm³/mol. The number of amides is 1. The second-order valence-corrected chi connectivity index (χ2v) is 6.65. The van der Waals surface area contributed by atoms with Crippen molar-refractivity contribution in [3.8, 4) is 0 Å². The highest BCUT2D eigenvalue weighted by Crippen LogP contribution is 2.49. The quantitative estimate of drug-likeness (QED) is 0.837.